The van der Waals surface area contributed by atoms with Crippen molar-refractivity contribution in [1.29, 1.82) is 0 Å². The van der Waals surface area contributed by atoms with Crippen molar-refractivity contribution in [3.63, 3.8) is 0 Å². The van der Waals surface area contributed by atoms with Crippen LogP contribution in [0.4, 0.5) is 5.82 Å². The van der Waals surface area contributed by atoms with Crippen molar-refractivity contribution >= 4 is 35.4 Å². The maximum absolute atomic E-state index is 11.6. The lowest BCUT2D eigenvalue weighted by Gasteiger charge is -2.12. The molecule has 0 saturated heterocycles. The van der Waals surface area contributed by atoms with Crippen LogP contribution in [0.2, 0.25) is 0 Å². The van der Waals surface area contributed by atoms with E-state index in [2.05, 4.69) is 22.4 Å². The van der Waals surface area contributed by atoms with Crippen molar-refractivity contribution in [3.05, 3.63) is 24.5 Å². The molecule has 8 nitrogen and oxygen atoms in total. The van der Waals surface area contributed by atoms with Crippen LogP contribution in [0.5, 0.6) is 0 Å². The highest BCUT2D eigenvalue weighted by Gasteiger charge is 2.17. The number of hydrogen-bond acceptors (Lipinski definition) is 7. The molecule has 9 heteroatoms. The van der Waals surface area contributed by atoms with Crippen molar-refractivity contribution < 1.29 is 23.6 Å². The van der Waals surface area contributed by atoms with Gasteiger partial charge >= 0.3 is 5.97 Å². The molecular weight excluding hydrogens is 322 g/mol. The molecule has 0 fully saturated rings. The number of carbonyl (C=O) groups is 3. The zero-order valence-corrected chi connectivity index (χ0v) is 13.8. The molecule has 2 amide bonds. The number of aromatic nitrogens is 1. The number of carbonyl (C=O) groups excluding carboxylic acids is 3. The SMILES string of the molecule is C=CCNC(=O)C(C)OC(=O)CSCC(=O)Nc1cc(C)on1. The van der Waals surface area contributed by atoms with E-state index in [0.717, 1.165) is 11.8 Å². The number of amides is 2. The van der Waals surface area contributed by atoms with E-state index in [-0.39, 0.29) is 17.4 Å². The normalized spacial score (nSPS) is 11.4. The van der Waals surface area contributed by atoms with E-state index in [1.54, 1.807) is 13.0 Å². The van der Waals surface area contributed by atoms with Crippen LogP contribution in [-0.4, -0.2) is 47.1 Å². The van der Waals surface area contributed by atoms with Crippen LogP contribution >= 0.6 is 11.8 Å². The van der Waals surface area contributed by atoms with Gasteiger partial charge in [-0.25, -0.2) is 0 Å². The molecule has 0 bridgehead atoms. The molecule has 0 spiro atoms. The number of esters is 1. The number of thioether (sulfide) groups is 1. The average molecular weight is 341 g/mol. The molecular formula is C14H19N3O5S. The first-order valence-electron chi connectivity index (χ1n) is 6.81. The Balaban J connectivity index is 2.21. The molecule has 0 aliphatic heterocycles. The molecule has 1 heterocycles. The maximum atomic E-state index is 11.6. The van der Waals surface area contributed by atoms with Gasteiger partial charge in [0.05, 0.1) is 11.5 Å². The minimum atomic E-state index is -0.894. The van der Waals surface area contributed by atoms with Crippen LogP contribution in [0.25, 0.3) is 0 Å². The Morgan fingerprint density at radius 2 is 2.22 bits per heavy atom. The first-order valence-corrected chi connectivity index (χ1v) is 7.97. The quantitative estimate of drug-likeness (QED) is 0.507. The van der Waals surface area contributed by atoms with E-state index in [0.29, 0.717) is 18.1 Å². The molecule has 0 radical (unpaired) electrons. The second-order valence-corrected chi connectivity index (χ2v) is 5.52. The molecule has 1 aromatic rings. The van der Waals surface area contributed by atoms with Gasteiger partial charge in [0, 0.05) is 12.6 Å². The first kappa shape index (κ1) is 18.8. The van der Waals surface area contributed by atoms with Crippen molar-refractivity contribution in [3.8, 4) is 0 Å². The smallest absolute Gasteiger partial charge is 0.316 e. The number of rotatable bonds is 9. The lowest BCUT2D eigenvalue weighted by atomic mass is 10.3. The fraction of sp³-hybridized carbons (Fsp3) is 0.429. The standard InChI is InChI=1S/C14H19N3O5S/c1-4-5-15-14(20)10(3)21-13(19)8-23-7-12(18)16-11-6-9(2)22-17-11/h4,6,10H,1,5,7-8H2,2-3H3,(H,15,20)(H,16,17,18). The Morgan fingerprint density at radius 1 is 1.48 bits per heavy atom. The number of ether oxygens (including phenoxy) is 1. The van der Waals surface area contributed by atoms with Crippen LogP contribution in [0.1, 0.15) is 12.7 Å². The summed E-state index contributed by atoms with van der Waals surface area (Å²) in [4.78, 5) is 34.7. The summed E-state index contributed by atoms with van der Waals surface area (Å²) in [5.41, 5.74) is 0. The fourth-order valence-electron chi connectivity index (χ4n) is 1.43. The van der Waals surface area contributed by atoms with Crippen molar-refractivity contribution in [1.82, 2.24) is 10.5 Å². The third-order valence-corrected chi connectivity index (χ3v) is 3.35. The van der Waals surface area contributed by atoms with Gasteiger partial charge in [0.25, 0.3) is 5.91 Å². The zero-order valence-electron chi connectivity index (χ0n) is 13.0. The molecule has 1 unspecified atom stereocenters. The number of anilines is 1. The molecule has 0 saturated carbocycles. The largest absolute Gasteiger partial charge is 0.452 e. The van der Waals surface area contributed by atoms with Gasteiger partial charge in [-0.2, -0.15) is 0 Å². The number of aryl methyl sites for hydroxylation is 1. The Morgan fingerprint density at radius 3 is 2.83 bits per heavy atom. The van der Waals surface area contributed by atoms with E-state index >= 15 is 0 Å². The summed E-state index contributed by atoms with van der Waals surface area (Å²) in [6.07, 6.45) is 0.632. The van der Waals surface area contributed by atoms with E-state index in [4.69, 9.17) is 9.26 Å². The topological polar surface area (TPSA) is 111 Å². The summed E-state index contributed by atoms with van der Waals surface area (Å²) in [6.45, 7) is 6.95. The lowest BCUT2D eigenvalue weighted by Crippen LogP contribution is -2.36. The van der Waals surface area contributed by atoms with E-state index in [9.17, 15) is 14.4 Å². The molecule has 23 heavy (non-hydrogen) atoms. The van der Waals surface area contributed by atoms with Gasteiger partial charge in [-0.1, -0.05) is 11.2 Å². The highest BCUT2D eigenvalue weighted by atomic mass is 32.2. The number of nitrogens with one attached hydrogen (secondary N) is 2. The summed E-state index contributed by atoms with van der Waals surface area (Å²) in [6, 6.07) is 1.58. The fourth-order valence-corrected chi connectivity index (χ4v) is 2.03. The molecule has 1 atom stereocenters. The van der Waals surface area contributed by atoms with Crippen LogP contribution < -0.4 is 10.6 Å². The minimum Gasteiger partial charge on any atom is -0.452 e. The van der Waals surface area contributed by atoms with Crippen molar-refractivity contribution in [2.24, 2.45) is 0 Å². The minimum absolute atomic E-state index is 0.0374. The molecule has 0 aromatic carbocycles. The first-order chi connectivity index (χ1) is 10.9. The highest BCUT2D eigenvalue weighted by Crippen LogP contribution is 2.09. The summed E-state index contributed by atoms with van der Waals surface area (Å²) in [5.74, 6) is -0.359. The zero-order chi connectivity index (χ0) is 17.2. The van der Waals surface area contributed by atoms with Gasteiger partial charge in [-0.3, -0.25) is 14.4 Å². The van der Waals surface area contributed by atoms with E-state index in [1.165, 1.54) is 13.0 Å². The Labute approximate surface area is 138 Å². The Hall–Kier alpha value is -2.29. The summed E-state index contributed by atoms with van der Waals surface area (Å²) in [5, 5.41) is 8.67. The third kappa shape index (κ3) is 7.50. The van der Waals surface area contributed by atoms with Gasteiger partial charge in [-0.05, 0) is 13.8 Å². The summed E-state index contributed by atoms with van der Waals surface area (Å²) in [7, 11) is 0. The van der Waals surface area contributed by atoms with Crippen LogP contribution in [0.15, 0.2) is 23.2 Å². The number of nitrogens with zero attached hydrogens (tertiary/aromatic N) is 1. The molecule has 1 rings (SSSR count). The summed E-state index contributed by atoms with van der Waals surface area (Å²) >= 11 is 1.07. The van der Waals surface area contributed by atoms with Gasteiger partial charge in [0.2, 0.25) is 5.91 Å². The van der Waals surface area contributed by atoms with Gasteiger partial charge in [0.15, 0.2) is 11.9 Å². The van der Waals surface area contributed by atoms with E-state index < -0.39 is 18.0 Å². The monoisotopic (exact) mass is 341 g/mol. The van der Waals surface area contributed by atoms with Crippen molar-refractivity contribution in [2.45, 2.75) is 20.0 Å². The van der Waals surface area contributed by atoms with Crippen LogP contribution in [-0.2, 0) is 19.1 Å². The third-order valence-electron chi connectivity index (χ3n) is 2.45. The van der Waals surface area contributed by atoms with Crippen LogP contribution in [0, 0.1) is 6.92 Å². The average Bonchev–Trinajstić information content (AvgIpc) is 2.89. The van der Waals surface area contributed by atoms with Crippen molar-refractivity contribution in [2.75, 3.05) is 23.4 Å². The van der Waals surface area contributed by atoms with Gasteiger partial charge in [-0.15, -0.1) is 18.3 Å². The molecule has 0 aliphatic carbocycles. The predicted octanol–water partition coefficient (Wildman–Crippen LogP) is 0.889. The molecule has 2 N–H and O–H groups in total. The molecule has 0 aliphatic rings. The Kier molecular flexibility index (Phi) is 7.89. The second-order valence-electron chi connectivity index (χ2n) is 4.53. The summed E-state index contributed by atoms with van der Waals surface area (Å²) < 4.78 is 9.76. The highest BCUT2D eigenvalue weighted by molar-refractivity contribution is 8.00. The maximum Gasteiger partial charge on any atom is 0.316 e. The van der Waals surface area contributed by atoms with Gasteiger partial charge in [0.1, 0.15) is 5.76 Å². The lowest BCUT2D eigenvalue weighted by molar-refractivity contribution is -0.152. The predicted molar refractivity (Wildman–Crippen MR) is 86.0 cm³/mol. The Bertz CT molecular complexity index is 573. The van der Waals surface area contributed by atoms with E-state index in [1.807, 2.05) is 0 Å². The second kappa shape index (κ2) is 9.67. The molecule has 126 valence electrons. The number of hydrogen-bond donors (Lipinski definition) is 2. The van der Waals surface area contributed by atoms with Crippen LogP contribution in [0.3, 0.4) is 0 Å². The van der Waals surface area contributed by atoms with Gasteiger partial charge < -0.3 is 19.9 Å². The molecule has 1 aromatic heterocycles.